The molecule has 0 bridgehead atoms. The van der Waals surface area contributed by atoms with Gasteiger partial charge in [0.25, 0.3) is 5.91 Å². The number of carbonyl (C=O) groups excluding carboxylic acids is 1. The van der Waals surface area contributed by atoms with Crippen LogP contribution in [0.1, 0.15) is 42.8 Å². The molecule has 114 valence electrons. The van der Waals surface area contributed by atoms with Gasteiger partial charge in [-0.3, -0.25) is 9.48 Å². The third kappa shape index (κ3) is 3.09. The van der Waals surface area contributed by atoms with Crippen LogP contribution in [0.4, 0.5) is 5.69 Å². The van der Waals surface area contributed by atoms with Crippen LogP contribution in [0.5, 0.6) is 0 Å². The largest absolute Gasteiger partial charge is 0.464 e. The van der Waals surface area contributed by atoms with Gasteiger partial charge >= 0.3 is 0 Å². The molecule has 2 N–H and O–H groups in total. The quantitative estimate of drug-likeness (QED) is 0.917. The van der Waals surface area contributed by atoms with Gasteiger partial charge < -0.3 is 15.1 Å². The van der Waals surface area contributed by atoms with Crippen LogP contribution >= 0.6 is 0 Å². The van der Waals surface area contributed by atoms with Gasteiger partial charge in [-0.15, -0.1) is 0 Å². The van der Waals surface area contributed by atoms with E-state index in [2.05, 4.69) is 5.10 Å². The molecule has 0 unspecified atom stereocenters. The zero-order chi connectivity index (χ0) is 15.6. The Morgan fingerprint density at radius 2 is 2.19 bits per heavy atom. The highest BCUT2D eigenvalue weighted by atomic mass is 16.3. The molecule has 2 aromatic rings. The minimum atomic E-state index is -0.129. The second-order valence-corrected chi connectivity index (χ2v) is 5.30. The minimum absolute atomic E-state index is 0.0301. The third-order valence-electron chi connectivity index (χ3n) is 3.38. The summed E-state index contributed by atoms with van der Waals surface area (Å²) < 4.78 is 7.20. The molecule has 0 spiro atoms. The Morgan fingerprint density at radius 3 is 2.71 bits per heavy atom. The predicted octanol–water partition coefficient (Wildman–Crippen LogP) is 2.44. The van der Waals surface area contributed by atoms with E-state index in [1.165, 1.54) is 6.20 Å². The summed E-state index contributed by atoms with van der Waals surface area (Å²) in [5.41, 5.74) is 6.74. The normalized spacial score (nSPS) is 11.1. The molecule has 2 rings (SSSR count). The first-order chi connectivity index (χ1) is 9.93. The van der Waals surface area contributed by atoms with Crippen molar-refractivity contribution in [1.82, 2.24) is 14.7 Å². The molecule has 6 heteroatoms. The smallest absolute Gasteiger partial charge is 0.274 e. The summed E-state index contributed by atoms with van der Waals surface area (Å²) in [4.78, 5) is 14.5. The highest BCUT2D eigenvalue weighted by Crippen LogP contribution is 2.19. The lowest BCUT2D eigenvalue weighted by Gasteiger charge is -2.26. The fourth-order valence-corrected chi connectivity index (χ4v) is 2.24. The molecule has 1 amide bonds. The summed E-state index contributed by atoms with van der Waals surface area (Å²) in [6, 6.07) is 3.81. The van der Waals surface area contributed by atoms with Gasteiger partial charge in [-0.05, 0) is 39.8 Å². The topological polar surface area (TPSA) is 77.3 Å². The van der Waals surface area contributed by atoms with Crippen LogP contribution in [0.3, 0.4) is 0 Å². The van der Waals surface area contributed by atoms with Crippen LogP contribution in [0.25, 0.3) is 0 Å². The van der Waals surface area contributed by atoms with E-state index in [0.717, 1.165) is 11.5 Å². The number of nitrogen functional groups attached to an aromatic ring is 1. The van der Waals surface area contributed by atoms with Crippen molar-refractivity contribution in [3.63, 3.8) is 0 Å². The molecular formula is C15H22N4O2. The van der Waals surface area contributed by atoms with Crippen molar-refractivity contribution in [3.8, 4) is 0 Å². The molecule has 0 aromatic carbocycles. The fourth-order valence-electron chi connectivity index (χ4n) is 2.24. The third-order valence-corrected chi connectivity index (χ3v) is 3.38. The van der Waals surface area contributed by atoms with E-state index in [1.807, 2.05) is 39.8 Å². The van der Waals surface area contributed by atoms with Crippen molar-refractivity contribution < 1.29 is 9.21 Å². The van der Waals surface area contributed by atoms with Gasteiger partial charge in [0, 0.05) is 12.6 Å². The average Bonchev–Trinajstić information content (AvgIpc) is 3.00. The van der Waals surface area contributed by atoms with E-state index in [1.54, 1.807) is 9.58 Å². The first-order valence-electron chi connectivity index (χ1n) is 7.11. The maximum absolute atomic E-state index is 12.8. The molecule has 2 heterocycles. The van der Waals surface area contributed by atoms with Crippen molar-refractivity contribution in [2.45, 2.75) is 46.8 Å². The van der Waals surface area contributed by atoms with E-state index in [-0.39, 0.29) is 11.9 Å². The lowest BCUT2D eigenvalue weighted by atomic mass is 10.2. The van der Waals surface area contributed by atoms with Crippen LogP contribution in [-0.2, 0) is 13.1 Å². The van der Waals surface area contributed by atoms with Crippen LogP contribution in [0.15, 0.2) is 22.7 Å². The van der Waals surface area contributed by atoms with Crippen LogP contribution in [-0.4, -0.2) is 26.6 Å². The summed E-state index contributed by atoms with van der Waals surface area (Å²) in [5.74, 6) is 1.46. The van der Waals surface area contributed by atoms with E-state index in [0.29, 0.717) is 24.5 Å². The van der Waals surface area contributed by atoms with Gasteiger partial charge in [-0.25, -0.2) is 0 Å². The Balaban J connectivity index is 2.29. The molecule has 0 atom stereocenters. The Hall–Kier alpha value is -2.24. The SMILES string of the molecule is CCn1ncc(N)c1C(=O)N(Cc1ccc(C)o1)C(C)C. The fraction of sp³-hybridized carbons (Fsp3) is 0.467. The molecule has 2 aromatic heterocycles. The van der Waals surface area contributed by atoms with E-state index in [4.69, 9.17) is 10.2 Å². The lowest BCUT2D eigenvalue weighted by Crippen LogP contribution is -2.37. The summed E-state index contributed by atoms with van der Waals surface area (Å²) in [6.45, 7) is 8.77. The first kappa shape index (κ1) is 15.2. The highest BCUT2D eigenvalue weighted by Gasteiger charge is 2.25. The average molecular weight is 290 g/mol. The number of carbonyl (C=O) groups is 1. The summed E-state index contributed by atoms with van der Waals surface area (Å²) in [7, 11) is 0. The molecular weight excluding hydrogens is 268 g/mol. The van der Waals surface area contributed by atoms with Gasteiger partial charge in [-0.1, -0.05) is 0 Å². The Bertz CT molecular complexity index is 627. The van der Waals surface area contributed by atoms with Crippen molar-refractivity contribution in [1.29, 1.82) is 0 Å². The van der Waals surface area contributed by atoms with Crippen LogP contribution < -0.4 is 5.73 Å². The van der Waals surface area contributed by atoms with Gasteiger partial charge in [0.2, 0.25) is 0 Å². The number of rotatable bonds is 5. The van der Waals surface area contributed by atoms with Crippen molar-refractivity contribution in [3.05, 3.63) is 35.5 Å². The van der Waals surface area contributed by atoms with Crippen molar-refractivity contribution in [2.75, 3.05) is 5.73 Å². The number of furan rings is 1. The standard InChI is InChI=1S/C15H22N4O2/c1-5-19-14(13(16)8-17-19)15(20)18(10(2)3)9-12-7-6-11(4)21-12/h6-8,10H,5,9,16H2,1-4H3. The van der Waals surface area contributed by atoms with E-state index in [9.17, 15) is 4.79 Å². The number of nitrogens with two attached hydrogens (primary N) is 1. The summed E-state index contributed by atoms with van der Waals surface area (Å²) in [5, 5.41) is 4.13. The molecule has 0 aliphatic carbocycles. The second-order valence-electron chi connectivity index (χ2n) is 5.30. The van der Waals surface area contributed by atoms with Crippen LogP contribution in [0, 0.1) is 6.92 Å². The molecule has 0 fully saturated rings. The first-order valence-corrected chi connectivity index (χ1v) is 7.11. The van der Waals surface area contributed by atoms with E-state index >= 15 is 0 Å². The molecule has 0 aliphatic rings. The molecule has 6 nitrogen and oxygen atoms in total. The minimum Gasteiger partial charge on any atom is -0.464 e. The van der Waals surface area contributed by atoms with Gasteiger partial charge in [0.1, 0.15) is 17.2 Å². The Labute approximate surface area is 124 Å². The number of aryl methyl sites for hydroxylation is 2. The number of anilines is 1. The molecule has 0 radical (unpaired) electrons. The highest BCUT2D eigenvalue weighted by molar-refractivity contribution is 5.97. The summed E-state index contributed by atoms with van der Waals surface area (Å²) >= 11 is 0. The maximum atomic E-state index is 12.8. The number of aromatic nitrogens is 2. The second kappa shape index (κ2) is 6.03. The van der Waals surface area contributed by atoms with E-state index < -0.39 is 0 Å². The zero-order valence-corrected chi connectivity index (χ0v) is 13.0. The molecule has 0 aliphatic heterocycles. The predicted molar refractivity (Wildman–Crippen MR) is 80.8 cm³/mol. The Morgan fingerprint density at radius 1 is 1.48 bits per heavy atom. The van der Waals surface area contributed by atoms with Crippen LogP contribution in [0.2, 0.25) is 0 Å². The molecule has 0 saturated carbocycles. The lowest BCUT2D eigenvalue weighted by molar-refractivity contribution is 0.0663. The number of nitrogens with zero attached hydrogens (tertiary/aromatic N) is 3. The maximum Gasteiger partial charge on any atom is 0.274 e. The number of amides is 1. The number of hydrogen-bond donors (Lipinski definition) is 1. The van der Waals surface area contributed by atoms with Gasteiger partial charge in [-0.2, -0.15) is 5.10 Å². The zero-order valence-electron chi connectivity index (χ0n) is 13.0. The number of hydrogen-bond acceptors (Lipinski definition) is 4. The van der Waals surface area contributed by atoms with Gasteiger partial charge in [0.15, 0.2) is 0 Å². The van der Waals surface area contributed by atoms with Crippen molar-refractivity contribution >= 4 is 11.6 Å². The molecule has 21 heavy (non-hydrogen) atoms. The van der Waals surface area contributed by atoms with Crippen molar-refractivity contribution in [2.24, 2.45) is 0 Å². The van der Waals surface area contributed by atoms with Gasteiger partial charge in [0.05, 0.1) is 18.4 Å². The molecule has 0 saturated heterocycles. The monoisotopic (exact) mass is 290 g/mol. The Kier molecular flexibility index (Phi) is 4.35. The summed E-state index contributed by atoms with van der Waals surface area (Å²) in [6.07, 6.45) is 1.52.